The third-order valence-electron chi connectivity index (χ3n) is 2.79. The Morgan fingerprint density at radius 1 is 1.33 bits per heavy atom. The molecule has 1 amide bonds. The molecule has 0 aliphatic carbocycles. The lowest BCUT2D eigenvalue weighted by atomic mass is 9.95. The van der Waals surface area contributed by atoms with Crippen LogP contribution in [0.15, 0.2) is 30.3 Å². The first-order chi connectivity index (χ1) is 8.50. The van der Waals surface area contributed by atoms with Crippen molar-refractivity contribution in [2.24, 2.45) is 0 Å². The average Bonchev–Trinajstić information content (AvgIpc) is 2.38. The van der Waals surface area contributed by atoms with E-state index in [9.17, 15) is 9.59 Å². The van der Waals surface area contributed by atoms with Crippen molar-refractivity contribution in [1.29, 1.82) is 0 Å². The van der Waals surface area contributed by atoms with Gasteiger partial charge < -0.3 is 15.2 Å². The number of carbonyl (C=O) groups is 2. The van der Waals surface area contributed by atoms with Crippen molar-refractivity contribution in [3.63, 3.8) is 0 Å². The van der Waals surface area contributed by atoms with Gasteiger partial charge in [0, 0.05) is 13.7 Å². The predicted molar refractivity (Wildman–Crippen MR) is 66.1 cm³/mol. The molecule has 1 aromatic rings. The van der Waals surface area contributed by atoms with Crippen molar-refractivity contribution in [3.05, 3.63) is 35.9 Å². The molecule has 0 bridgehead atoms. The van der Waals surface area contributed by atoms with E-state index in [-0.39, 0.29) is 18.9 Å². The van der Waals surface area contributed by atoms with Crippen LogP contribution in [0, 0.1) is 0 Å². The van der Waals surface area contributed by atoms with Gasteiger partial charge in [-0.15, -0.1) is 0 Å². The quantitative estimate of drug-likeness (QED) is 0.795. The fourth-order valence-electron chi connectivity index (χ4n) is 1.55. The Hall–Kier alpha value is -1.88. The van der Waals surface area contributed by atoms with Crippen molar-refractivity contribution in [1.82, 2.24) is 5.32 Å². The molecule has 98 valence electrons. The van der Waals surface area contributed by atoms with Crippen LogP contribution in [0.2, 0.25) is 0 Å². The highest BCUT2D eigenvalue weighted by atomic mass is 16.5. The standard InChI is InChI=1S/C13H17NO4/c1-13(18-2,10-6-4-3-5-7-10)12(17)14-9-8-11(15)16/h3-7H,8-9H2,1-2H3,(H,14,17)(H,15,16). The highest BCUT2D eigenvalue weighted by molar-refractivity contribution is 5.86. The van der Waals surface area contributed by atoms with E-state index in [4.69, 9.17) is 9.84 Å². The summed E-state index contributed by atoms with van der Waals surface area (Å²) < 4.78 is 5.28. The molecule has 18 heavy (non-hydrogen) atoms. The van der Waals surface area contributed by atoms with Gasteiger partial charge in [-0.2, -0.15) is 0 Å². The summed E-state index contributed by atoms with van der Waals surface area (Å²) in [4.78, 5) is 22.4. The second kappa shape index (κ2) is 6.16. The molecule has 5 heteroatoms. The summed E-state index contributed by atoms with van der Waals surface area (Å²) >= 11 is 0. The van der Waals surface area contributed by atoms with E-state index in [0.29, 0.717) is 0 Å². The Morgan fingerprint density at radius 2 is 1.94 bits per heavy atom. The number of methoxy groups -OCH3 is 1. The minimum absolute atomic E-state index is 0.0833. The third kappa shape index (κ3) is 3.30. The number of amides is 1. The summed E-state index contributed by atoms with van der Waals surface area (Å²) in [5, 5.41) is 11.1. The highest BCUT2D eigenvalue weighted by Gasteiger charge is 2.34. The van der Waals surface area contributed by atoms with Crippen molar-refractivity contribution in [3.8, 4) is 0 Å². The van der Waals surface area contributed by atoms with Gasteiger partial charge >= 0.3 is 5.97 Å². The minimum Gasteiger partial charge on any atom is -0.481 e. The summed E-state index contributed by atoms with van der Waals surface area (Å²) in [6.07, 6.45) is -0.111. The van der Waals surface area contributed by atoms with Gasteiger partial charge in [0.2, 0.25) is 0 Å². The van der Waals surface area contributed by atoms with Crippen LogP contribution in [0.3, 0.4) is 0 Å². The molecule has 2 N–H and O–H groups in total. The zero-order valence-corrected chi connectivity index (χ0v) is 10.5. The molecular formula is C13H17NO4. The van der Waals surface area contributed by atoms with Gasteiger partial charge in [0.25, 0.3) is 5.91 Å². The van der Waals surface area contributed by atoms with E-state index in [1.54, 1.807) is 19.1 Å². The molecule has 1 rings (SSSR count). The lowest BCUT2D eigenvalue weighted by Crippen LogP contribution is -2.44. The molecule has 0 aliphatic rings. The number of hydrogen-bond donors (Lipinski definition) is 2. The summed E-state index contributed by atoms with van der Waals surface area (Å²) in [5.41, 5.74) is -0.389. The molecule has 1 atom stereocenters. The molecule has 0 heterocycles. The summed E-state index contributed by atoms with van der Waals surface area (Å²) in [7, 11) is 1.45. The molecule has 0 spiro atoms. The molecular weight excluding hydrogens is 234 g/mol. The summed E-state index contributed by atoms with van der Waals surface area (Å²) in [6, 6.07) is 9.07. The zero-order chi connectivity index (χ0) is 13.6. The average molecular weight is 251 g/mol. The van der Waals surface area contributed by atoms with Gasteiger partial charge in [-0.25, -0.2) is 0 Å². The maximum Gasteiger partial charge on any atom is 0.305 e. The Balaban J connectivity index is 2.75. The van der Waals surface area contributed by atoms with E-state index in [1.165, 1.54) is 7.11 Å². The molecule has 0 aromatic heterocycles. The second-order valence-corrected chi connectivity index (χ2v) is 4.00. The Morgan fingerprint density at radius 3 is 2.44 bits per heavy atom. The monoisotopic (exact) mass is 251 g/mol. The Bertz CT molecular complexity index is 418. The van der Waals surface area contributed by atoms with Crippen molar-refractivity contribution >= 4 is 11.9 Å². The smallest absolute Gasteiger partial charge is 0.305 e. The molecule has 0 aliphatic heterocycles. The second-order valence-electron chi connectivity index (χ2n) is 4.00. The van der Waals surface area contributed by atoms with Crippen molar-refractivity contribution in [2.45, 2.75) is 18.9 Å². The van der Waals surface area contributed by atoms with E-state index in [1.807, 2.05) is 18.2 Å². The maximum atomic E-state index is 12.0. The molecule has 0 radical (unpaired) electrons. The lowest BCUT2D eigenvalue weighted by Gasteiger charge is -2.27. The van der Waals surface area contributed by atoms with E-state index >= 15 is 0 Å². The van der Waals surface area contributed by atoms with Crippen LogP contribution in [-0.4, -0.2) is 30.6 Å². The van der Waals surface area contributed by atoms with Crippen LogP contribution < -0.4 is 5.32 Å². The van der Waals surface area contributed by atoms with Crippen LogP contribution in [-0.2, 0) is 19.9 Å². The van der Waals surface area contributed by atoms with Crippen molar-refractivity contribution in [2.75, 3.05) is 13.7 Å². The Kier molecular flexibility index (Phi) is 4.85. The summed E-state index contributed by atoms with van der Waals surface area (Å²) in [5.74, 6) is -1.30. The number of nitrogens with one attached hydrogen (secondary N) is 1. The van der Waals surface area contributed by atoms with E-state index < -0.39 is 11.6 Å². The molecule has 1 aromatic carbocycles. The predicted octanol–water partition coefficient (Wildman–Crippen LogP) is 1.14. The Labute approximate surface area is 106 Å². The number of carbonyl (C=O) groups excluding carboxylic acids is 1. The molecule has 0 saturated heterocycles. The van der Waals surface area contributed by atoms with Gasteiger partial charge in [-0.05, 0) is 12.5 Å². The number of carboxylic acids is 1. The first-order valence-corrected chi connectivity index (χ1v) is 5.61. The van der Waals surface area contributed by atoms with E-state index in [0.717, 1.165) is 5.56 Å². The number of benzene rings is 1. The van der Waals surface area contributed by atoms with Gasteiger partial charge in [-0.3, -0.25) is 9.59 Å². The maximum absolute atomic E-state index is 12.0. The number of rotatable bonds is 6. The fraction of sp³-hybridized carbons (Fsp3) is 0.385. The lowest BCUT2D eigenvalue weighted by molar-refractivity contribution is -0.143. The first-order valence-electron chi connectivity index (χ1n) is 5.61. The number of hydrogen-bond acceptors (Lipinski definition) is 3. The normalized spacial score (nSPS) is 13.7. The van der Waals surface area contributed by atoms with Gasteiger partial charge in [0.05, 0.1) is 6.42 Å². The minimum atomic E-state index is -1.11. The van der Waals surface area contributed by atoms with Crippen LogP contribution in [0.5, 0.6) is 0 Å². The molecule has 0 fully saturated rings. The van der Waals surface area contributed by atoms with Crippen LogP contribution in [0.4, 0.5) is 0 Å². The topological polar surface area (TPSA) is 75.6 Å². The largest absolute Gasteiger partial charge is 0.481 e. The zero-order valence-electron chi connectivity index (χ0n) is 10.5. The van der Waals surface area contributed by atoms with Gasteiger partial charge in [0.15, 0.2) is 5.60 Å². The van der Waals surface area contributed by atoms with E-state index in [2.05, 4.69) is 5.32 Å². The SMILES string of the molecule is COC(C)(C(=O)NCCC(=O)O)c1ccccc1. The fourth-order valence-corrected chi connectivity index (χ4v) is 1.55. The highest BCUT2D eigenvalue weighted by Crippen LogP contribution is 2.24. The first kappa shape index (κ1) is 14.2. The van der Waals surface area contributed by atoms with Gasteiger partial charge in [0.1, 0.15) is 0 Å². The number of ether oxygens (including phenoxy) is 1. The third-order valence-corrected chi connectivity index (χ3v) is 2.79. The van der Waals surface area contributed by atoms with Crippen LogP contribution in [0.1, 0.15) is 18.9 Å². The summed E-state index contributed by atoms with van der Waals surface area (Å²) in [6.45, 7) is 1.73. The van der Waals surface area contributed by atoms with Crippen LogP contribution >= 0.6 is 0 Å². The molecule has 0 saturated carbocycles. The molecule has 1 unspecified atom stereocenters. The van der Waals surface area contributed by atoms with Crippen LogP contribution in [0.25, 0.3) is 0 Å². The van der Waals surface area contributed by atoms with Gasteiger partial charge in [-0.1, -0.05) is 30.3 Å². The van der Waals surface area contributed by atoms with Crippen molar-refractivity contribution < 1.29 is 19.4 Å². The molecule has 5 nitrogen and oxygen atoms in total. The number of aliphatic carboxylic acids is 1. The number of carboxylic acid groups (broad SMARTS) is 1.